The molecule has 0 aliphatic rings. The van der Waals surface area contributed by atoms with E-state index in [0.717, 1.165) is 18.8 Å². The van der Waals surface area contributed by atoms with Crippen LogP contribution in [0.5, 0.6) is 0 Å². The van der Waals surface area contributed by atoms with E-state index >= 15 is 0 Å². The maximum Gasteiger partial charge on any atom is 0.279 e. The number of hydrogen-bond donors (Lipinski definition) is 3. The molecule has 0 fully saturated rings. The lowest BCUT2D eigenvalue weighted by Crippen LogP contribution is -3.11. The second-order valence-corrected chi connectivity index (χ2v) is 7.16. The fourth-order valence-corrected chi connectivity index (χ4v) is 2.89. The highest BCUT2D eigenvalue weighted by molar-refractivity contribution is 5.92. The molecule has 5 nitrogen and oxygen atoms in total. The zero-order chi connectivity index (χ0) is 19.8. The molecule has 0 saturated heterocycles. The highest BCUT2D eigenvalue weighted by Crippen LogP contribution is 2.14. The largest absolute Gasteiger partial charge is 0.326 e. The monoisotopic (exact) mass is 368 g/mol. The van der Waals surface area contributed by atoms with Crippen LogP contribution >= 0.6 is 0 Å². The normalized spacial score (nSPS) is 11.9. The number of benzene rings is 2. The Hall–Kier alpha value is -2.66. The third-order valence-corrected chi connectivity index (χ3v) is 4.50. The van der Waals surface area contributed by atoms with Gasteiger partial charge in [-0.15, -0.1) is 0 Å². The van der Waals surface area contributed by atoms with Crippen molar-refractivity contribution in [3.8, 4) is 0 Å². The molecule has 3 N–H and O–H groups in total. The molecule has 144 valence electrons. The zero-order valence-corrected chi connectivity index (χ0v) is 16.6. The van der Waals surface area contributed by atoms with Gasteiger partial charge in [0.1, 0.15) is 6.54 Å². The lowest BCUT2D eigenvalue weighted by Gasteiger charge is -2.18. The number of amides is 2. The Morgan fingerprint density at radius 2 is 1.48 bits per heavy atom. The third-order valence-electron chi connectivity index (χ3n) is 4.50. The van der Waals surface area contributed by atoms with Gasteiger partial charge in [0.05, 0.1) is 6.54 Å². The average Bonchev–Trinajstić information content (AvgIpc) is 2.62. The van der Waals surface area contributed by atoms with Crippen LogP contribution in [0.15, 0.2) is 48.5 Å². The number of likely N-dealkylation sites (N-methyl/N-ethyl adjacent to an activating group) is 1. The minimum atomic E-state index is -0.115. The molecular formula is C22H30N3O2+. The molecule has 0 aromatic heterocycles. The fraction of sp³-hybridized carbons (Fsp3) is 0.364. The Bertz CT molecular complexity index is 752. The van der Waals surface area contributed by atoms with E-state index in [9.17, 15) is 9.59 Å². The van der Waals surface area contributed by atoms with Gasteiger partial charge in [-0.3, -0.25) is 9.59 Å². The highest BCUT2D eigenvalue weighted by Gasteiger charge is 2.14. The summed E-state index contributed by atoms with van der Waals surface area (Å²) in [4.78, 5) is 24.6. The molecule has 0 aliphatic heterocycles. The van der Waals surface area contributed by atoms with Crippen molar-refractivity contribution >= 4 is 23.2 Å². The van der Waals surface area contributed by atoms with Crippen molar-refractivity contribution in [3.63, 3.8) is 0 Å². The smallest absolute Gasteiger partial charge is 0.279 e. The second kappa shape index (κ2) is 9.88. The number of nitrogens with one attached hydrogen (secondary N) is 3. The van der Waals surface area contributed by atoms with E-state index in [1.54, 1.807) is 24.3 Å². The first kappa shape index (κ1) is 20.6. The van der Waals surface area contributed by atoms with Crippen LogP contribution < -0.4 is 15.5 Å². The van der Waals surface area contributed by atoms with Gasteiger partial charge < -0.3 is 15.5 Å². The Balaban J connectivity index is 1.89. The lowest BCUT2D eigenvalue weighted by atomic mass is 10.0. The maximum absolute atomic E-state index is 12.4. The first-order chi connectivity index (χ1) is 12.9. The number of carbonyl (C=O) groups is 2. The Morgan fingerprint density at radius 3 is 1.96 bits per heavy atom. The predicted octanol–water partition coefficient (Wildman–Crippen LogP) is 2.81. The van der Waals surface area contributed by atoms with Crippen LogP contribution in [0.3, 0.4) is 0 Å². The first-order valence-electron chi connectivity index (χ1n) is 9.47. The Kier molecular flexibility index (Phi) is 7.55. The second-order valence-electron chi connectivity index (χ2n) is 7.16. The van der Waals surface area contributed by atoms with Gasteiger partial charge in [0.2, 0.25) is 5.91 Å². The summed E-state index contributed by atoms with van der Waals surface area (Å²) < 4.78 is 0. The van der Waals surface area contributed by atoms with Gasteiger partial charge in [0.15, 0.2) is 6.54 Å². The molecule has 0 heterocycles. The van der Waals surface area contributed by atoms with E-state index in [-0.39, 0.29) is 11.8 Å². The number of carbonyl (C=O) groups excluding carboxylic acids is 2. The van der Waals surface area contributed by atoms with Crippen molar-refractivity contribution in [2.75, 3.05) is 23.7 Å². The van der Waals surface area contributed by atoms with Crippen LogP contribution in [-0.4, -0.2) is 24.9 Å². The van der Waals surface area contributed by atoms with Gasteiger partial charge in [-0.1, -0.05) is 38.1 Å². The van der Waals surface area contributed by atoms with Crippen molar-refractivity contribution in [3.05, 3.63) is 59.7 Å². The molecule has 1 unspecified atom stereocenters. The summed E-state index contributed by atoms with van der Waals surface area (Å²) in [6.45, 7) is 10.0. The Morgan fingerprint density at radius 1 is 0.926 bits per heavy atom. The highest BCUT2D eigenvalue weighted by atomic mass is 16.2. The van der Waals surface area contributed by atoms with E-state index in [1.165, 1.54) is 23.0 Å². The molecule has 1 atom stereocenters. The van der Waals surface area contributed by atoms with Crippen molar-refractivity contribution in [1.29, 1.82) is 0 Å². The van der Waals surface area contributed by atoms with Crippen molar-refractivity contribution < 1.29 is 14.5 Å². The van der Waals surface area contributed by atoms with Gasteiger partial charge in [-0.2, -0.15) is 0 Å². The molecule has 2 aromatic rings. The summed E-state index contributed by atoms with van der Waals surface area (Å²) in [5, 5.41) is 5.63. The van der Waals surface area contributed by atoms with Crippen LogP contribution in [0.1, 0.15) is 44.7 Å². The topological polar surface area (TPSA) is 62.6 Å². The Labute approximate surface area is 161 Å². The minimum absolute atomic E-state index is 0.0158. The molecule has 5 heteroatoms. The summed E-state index contributed by atoms with van der Waals surface area (Å²) in [7, 11) is 0. The number of hydrogen-bond acceptors (Lipinski definition) is 2. The molecule has 2 rings (SSSR count). The molecule has 0 saturated carbocycles. The molecule has 0 bridgehead atoms. The molecule has 0 aliphatic carbocycles. The average molecular weight is 369 g/mol. The molecule has 2 aromatic carbocycles. The van der Waals surface area contributed by atoms with Gasteiger partial charge in [0.25, 0.3) is 5.91 Å². The third kappa shape index (κ3) is 6.87. The summed E-state index contributed by atoms with van der Waals surface area (Å²) in [6.07, 6.45) is 0. The van der Waals surface area contributed by atoms with Crippen molar-refractivity contribution in [2.24, 2.45) is 0 Å². The van der Waals surface area contributed by atoms with E-state index in [2.05, 4.69) is 55.7 Å². The van der Waals surface area contributed by atoms with Crippen LogP contribution in [0.2, 0.25) is 0 Å². The molecule has 0 spiro atoms. The van der Waals surface area contributed by atoms with Crippen molar-refractivity contribution in [2.45, 2.75) is 40.2 Å². The SMILES string of the molecule is CC[NH+](CC(=O)Nc1ccc(NC(C)=O)cc1)Cc1ccc(C(C)C)cc1. The van der Waals surface area contributed by atoms with E-state index in [0.29, 0.717) is 18.2 Å². The standard InChI is InChI=1S/C22H29N3O2/c1-5-25(14-18-6-8-19(9-7-18)16(2)3)15-22(27)24-21-12-10-20(11-13-21)23-17(4)26/h6-13,16H,5,14-15H2,1-4H3,(H,23,26)(H,24,27)/p+1. The quantitative estimate of drug-likeness (QED) is 0.671. The predicted molar refractivity (Wildman–Crippen MR) is 110 cm³/mol. The summed E-state index contributed by atoms with van der Waals surface area (Å²) in [5.41, 5.74) is 4.01. The number of quaternary nitrogens is 1. The van der Waals surface area contributed by atoms with E-state index < -0.39 is 0 Å². The van der Waals surface area contributed by atoms with Gasteiger partial charge in [-0.25, -0.2) is 0 Å². The summed E-state index contributed by atoms with van der Waals surface area (Å²) in [5.74, 6) is 0.393. The van der Waals surface area contributed by atoms with Crippen LogP contribution in [-0.2, 0) is 16.1 Å². The number of anilines is 2. The molecule has 0 radical (unpaired) electrons. The van der Waals surface area contributed by atoms with Gasteiger partial charge in [0, 0.05) is 23.9 Å². The van der Waals surface area contributed by atoms with Gasteiger partial charge >= 0.3 is 0 Å². The lowest BCUT2D eigenvalue weighted by molar-refractivity contribution is -0.903. The summed E-state index contributed by atoms with van der Waals surface area (Å²) >= 11 is 0. The van der Waals surface area contributed by atoms with Crippen LogP contribution in [0, 0.1) is 0 Å². The maximum atomic E-state index is 12.4. The van der Waals surface area contributed by atoms with Crippen LogP contribution in [0.4, 0.5) is 11.4 Å². The number of rotatable bonds is 8. The molecule has 2 amide bonds. The first-order valence-corrected chi connectivity index (χ1v) is 9.47. The van der Waals surface area contributed by atoms with E-state index in [4.69, 9.17) is 0 Å². The molecular weight excluding hydrogens is 338 g/mol. The zero-order valence-electron chi connectivity index (χ0n) is 16.6. The molecule has 27 heavy (non-hydrogen) atoms. The minimum Gasteiger partial charge on any atom is -0.326 e. The van der Waals surface area contributed by atoms with E-state index in [1.807, 2.05) is 0 Å². The fourth-order valence-electron chi connectivity index (χ4n) is 2.89. The summed E-state index contributed by atoms with van der Waals surface area (Å²) in [6, 6.07) is 15.8. The van der Waals surface area contributed by atoms with Gasteiger partial charge in [-0.05, 0) is 42.7 Å². The van der Waals surface area contributed by atoms with Crippen LogP contribution in [0.25, 0.3) is 0 Å². The van der Waals surface area contributed by atoms with Crippen molar-refractivity contribution in [1.82, 2.24) is 0 Å².